The summed E-state index contributed by atoms with van der Waals surface area (Å²) < 4.78 is 0. The third kappa shape index (κ3) is 4.45. The van der Waals surface area contributed by atoms with Crippen molar-refractivity contribution < 1.29 is 4.79 Å². The fourth-order valence-electron chi connectivity index (χ4n) is 2.88. The van der Waals surface area contributed by atoms with Gasteiger partial charge in [0.1, 0.15) is 0 Å². The maximum Gasteiger partial charge on any atom is 0.219 e. The third-order valence-electron chi connectivity index (χ3n) is 4.03. The van der Waals surface area contributed by atoms with Gasteiger partial charge >= 0.3 is 0 Å². The Bertz CT molecular complexity index is 525. The lowest BCUT2D eigenvalue weighted by Gasteiger charge is -2.24. The van der Waals surface area contributed by atoms with Gasteiger partial charge < -0.3 is 4.90 Å². The first-order valence-corrected chi connectivity index (χ1v) is 8.07. The van der Waals surface area contributed by atoms with Gasteiger partial charge in [-0.05, 0) is 24.0 Å². The zero-order valence-corrected chi connectivity index (χ0v) is 13.5. The lowest BCUT2D eigenvalue weighted by molar-refractivity contribution is -0.129. The van der Waals surface area contributed by atoms with Crippen LogP contribution in [0.15, 0.2) is 60.7 Å². The van der Waals surface area contributed by atoms with Gasteiger partial charge in [-0.3, -0.25) is 4.79 Å². The van der Waals surface area contributed by atoms with Gasteiger partial charge in [0.25, 0.3) is 0 Å². The van der Waals surface area contributed by atoms with Crippen molar-refractivity contribution in [2.24, 2.45) is 0 Å². The summed E-state index contributed by atoms with van der Waals surface area (Å²) in [6.07, 6.45) is 1.95. The van der Waals surface area contributed by atoms with Crippen LogP contribution in [-0.2, 0) is 4.79 Å². The molecule has 0 saturated heterocycles. The molecule has 2 heteroatoms. The highest BCUT2D eigenvalue weighted by Crippen LogP contribution is 2.28. The molecule has 0 aromatic heterocycles. The minimum absolute atomic E-state index is 0.168. The van der Waals surface area contributed by atoms with Crippen molar-refractivity contribution >= 4 is 5.91 Å². The first kappa shape index (κ1) is 16.3. The molecule has 0 aliphatic rings. The smallest absolute Gasteiger partial charge is 0.219 e. The minimum Gasteiger partial charge on any atom is -0.343 e. The Morgan fingerprint density at radius 3 is 1.82 bits per heavy atom. The van der Waals surface area contributed by atoms with E-state index in [1.165, 1.54) is 11.1 Å². The van der Waals surface area contributed by atoms with Crippen molar-refractivity contribution in [1.82, 2.24) is 4.90 Å². The third-order valence-corrected chi connectivity index (χ3v) is 4.03. The van der Waals surface area contributed by atoms with E-state index in [1.54, 1.807) is 6.92 Å². The van der Waals surface area contributed by atoms with E-state index in [9.17, 15) is 4.79 Å². The number of hydrogen-bond donors (Lipinski definition) is 0. The first-order valence-electron chi connectivity index (χ1n) is 8.07. The molecule has 2 nitrogen and oxygen atoms in total. The number of carbonyl (C=O) groups excluding carboxylic acids is 1. The van der Waals surface area contributed by atoms with Crippen LogP contribution in [0, 0.1) is 0 Å². The lowest BCUT2D eigenvalue weighted by Crippen LogP contribution is -2.31. The van der Waals surface area contributed by atoms with Gasteiger partial charge in [-0.1, -0.05) is 67.6 Å². The maximum atomic E-state index is 11.7. The van der Waals surface area contributed by atoms with E-state index in [2.05, 4.69) is 55.5 Å². The number of benzene rings is 2. The molecule has 0 N–H and O–H groups in total. The highest BCUT2D eigenvalue weighted by atomic mass is 16.2. The summed E-state index contributed by atoms with van der Waals surface area (Å²) in [6, 6.07) is 21.1. The molecule has 22 heavy (non-hydrogen) atoms. The zero-order chi connectivity index (χ0) is 15.8. The monoisotopic (exact) mass is 295 g/mol. The summed E-state index contributed by atoms with van der Waals surface area (Å²) in [5, 5.41) is 0. The predicted molar refractivity (Wildman–Crippen MR) is 91.9 cm³/mol. The number of carbonyl (C=O) groups is 1. The maximum absolute atomic E-state index is 11.7. The predicted octanol–water partition coefficient (Wildman–Crippen LogP) is 4.47. The molecule has 0 heterocycles. The lowest BCUT2D eigenvalue weighted by atomic mass is 9.88. The Hall–Kier alpha value is -2.09. The van der Waals surface area contributed by atoms with E-state index >= 15 is 0 Å². The average Bonchev–Trinajstić information content (AvgIpc) is 2.56. The number of nitrogens with zero attached hydrogens (tertiary/aromatic N) is 1. The molecule has 2 aromatic carbocycles. The molecule has 0 fully saturated rings. The first-order chi connectivity index (χ1) is 10.7. The van der Waals surface area contributed by atoms with Crippen LogP contribution in [0.4, 0.5) is 0 Å². The average molecular weight is 295 g/mol. The van der Waals surface area contributed by atoms with Crippen LogP contribution in [0.1, 0.15) is 43.7 Å². The minimum atomic E-state index is 0.168. The molecule has 0 radical (unpaired) electrons. The van der Waals surface area contributed by atoms with E-state index in [4.69, 9.17) is 0 Å². The zero-order valence-electron chi connectivity index (χ0n) is 13.5. The molecule has 116 valence electrons. The Morgan fingerprint density at radius 1 is 0.909 bits per heavy atom. The van der Waals surface area contributed by atoms with Gasteiger partial charge in [-0.15, -0.1) is 0 Å². The summed E-state index contributed by atoms with van der Waals surface area (Å²) in [4.78, 5) is 13.7. The second kappa shape index (κ2) is 8.38. The standard InChI is InChI=1S/C20H25NO/c1-3-15-21(17(2)22)16-14-20(18-10-6-4-7-11-18)19-12-8-5-9-13-19/h4-13,20H,3,14-16H2,1-2H3. The second-order valence-corrected chi connectivity index (χ2v) is 5.67. The summed E-state index contributed by atoms with van der Waals surface area (Å²) in [7, 11) is 0. The highest BCUT2D eigenvalue weighted by molar-refractivity contribution is 5.73. The van der Waals surface area contributed by atoms with Gasteiger partial charge in [0.15, 0.2) is 0 Å². The highest BCUT2D eigenvalue weighted by Gasteiger charge is 2.16. The Kier molecular flexibility index (Phi) is 6.20. The van der Waals surface area contributed by atoms with Gasteiger partial charge in [-0.2, -0.15) is 0 Å². The van der Waals surface area contributed by atoms with Crippen LogP contribution in [0.25, 0.3) is 0 Å². The van der Waals surface area contributed by atoms with Crippen molar-refractivity contribution in [2.75, 3.05) is 13.1 Å². The van der Waals surface area contributed by atoms with Gasteiger partial charge in [0.2, 0.25) is 5.91 Å². The van der Waals surface area contributed by atoms with E-state index in [0.717, 1.165) is 25.9 Å². The van der Waals surface area contributed by atoms with Crippen molar-refractivity contribution in [2.45, 2.75) is 32.6 Å². The summed E-state index contributed by atoms with van der Waals surface area (Å²) >= 11 is 0. The molecule has 0 aliphatic heterocycles. The van der Waals surface area contributed by atoms with Crippen molar-refractivity contribution in [3.8, 4) is 0 Å². The number of rotatable bonds is 7. The molecule has 2 aromatic rings. The van der Waals surface area contributed by atoms with E-state index in [-0.39, 0.29) is 5.91 Å². The number of amides is 1. The largest absolute Gasteiger partial charge is 0.343 e. The van der Waals surface area contributed by atoms with E-state index in [0.29, 0.717) is 5.92 Å². The van der Waals surface area contributed by atoms with Crippen LogP contribution in [0.2, 0.25) is 0 Å². The van der Waals surface area contributed by atoms with Crippen molar-refractivity contribution in [3.63, 3.8) is 0 Å². The van der Waals surface area contributed by atoms with Crippen LogP contribution in [0.3, 0.4) is 0 Å². The van der Waals surface area contributed by atoms with Crippen molar-refractivity contribution in [1.29, 1.82) is 0 Å². The fraction of sp³-hybridized carbons (Fsp3) is 0.350. The molecule has 0 unspecified atom stereocenters. The Labute approximate surface area is 133 Å². The molecular weight excluding hydrogens is 270 g/mol. The summed E-state index contributed by atoms with van der Waals surface area (Å²) in [5.74, 6) is 0.503. The van der Waals surface area contributed by atoms with Gasteiger partial charge in [0.05, 0.1) is 0 Å². The summed E-state index contributed by atoms with van der Waals surface area (Å²) in [5.41, 5.74) is 2.63. The van der Waals surface area contributed by atoms with Crippen LogP contribution in [0.5, 0.6) is 0 Å². The van der Waals surface area contributed by atoms with E-state index < -0.39 is 0 Å². The SMILES string of the molecule is CCCN(CCC(c1ccccc1)c1ccccc1)C(C)=O. The molecule has 0 bridgehead atoms. The molecule has 1 amide bonds. The number of hydrogen-bond acceptors (Lipinski definition) is 1. The van der Waals surface area contributed by atoms with E-state index in [1.807, 2.05) is 17.0 Å². The molecule has 0 spiro atoms. The van der Waals surface area contributed by atoms with Gasteiger partial charge in [-0.25, -0.2) is 0 Å². The molecule has 0 aliphatic carbocycles. The van der Waals surface area contributed by atoms with Crippen LogP contribution >= 0.6 is 0 Å². The topological polar surface area (TPSA) is 20.3 Å². The Morgan fingerprint density at radius 2 is 1.41 bits per heavy atom. The molecule has 0 atom stereocenters. The molecule has 0 saturated carbocycles. The van der Waals surface area contributed by atoms with Crippen LogP contribution < -0.4 is 0 Å². The normalized spacial score (nSPS) is 10.7. The molecule has 2 rings (SSSR count). The fourth-order valence-corrected chi connectivity index (χ4v) is 2.88. The second-order valence-electron chi connectivity index (χ2n) is 5.67. The summed E-state index contributed by atoms with van der Waals surface area (Å²) in [6.45, 7) is 5.42. The van der Waals surface area contributed by atoms with Gasteiger partial charge in [0, 0.05) is 25.9 Å². The quantitative estimate of drug-likeness (QED) is 0.738. The Balaban J connectivity index is 2.17. The van der Waals surface area contributed by atoms with Crippen molar-refractivity contribution in [3.05, 3.63) is 71.8 Å². The van der Waals surface area contributed by atoms with Crippen LogP contribution in [-0.4, -0.2) is 23.9 Å². The molecular formula is C20H25NO.